The molecule has 9 rings (SSSR count). The number of alkyl halides is 3. The Labute approximate surface area is 339 Å². The van der Waals surface area contributed by atoms with Crippen molar-refractivity contribution < 1.29 is 37.7 Å². The molecule has 1 amide bonds. The number of aliphatic hydroxyl groups excluding tert-OH is 1. The van der Waals surface area contributed by atoms with Crippen molar-refractivity contribution in [3.8, 4) is 0 Å². The maximum absolute atomic E-state index is 14.9. The number of allylic oxidation sites excluding steroid dienone is 4. The molecule has 7 aliphatic carbocycles. The van der Waals surface area contributed by atoms with E-state index in [0.717, 1.165) is 42.7 Å². The van der Waals surface area contributed by atoms with Crippen molar-refractivity contribution in [1.82, 2.24) is 4.90 Å². The zero-order valence-electron chi connectivity index (χ0n) is 34.1. The maximum atomic E-state index is 14.9. The molecule has 0 radical (unpaired) electrons. The Morgan fingerprint density at radius 3 is 2.44 bits per heavy atom. The molecule has 310 valence electrons. The van der Waals surface area contributed by atoms with Crippen LogP contribution in [0.25, 0.3) is 0 Å². The molecular formula is C47H60F3NO5S. The van der Waals surface area contributed by atoms with Crippen LogP contribution in [0.3, 0.4) is 0 Å². The van der Waals surface area contributed by atoms with Gasteiger partial charge in [-0.05, 0) is 123 Å². The highest BCUT2D eigenvalue weighted by Crippen LogP contribution is 2.78. The number of carbonyl (C=O) groups excluding carboxylic acids is 2. The normalized spacial score (nSPS) is 39.6. The van der Waals surface area contributed by atoms with Crippen LogP contribution in [0, 0.1) is 51.2 Å². The third-order valence-corrected chi connectivity index (χ3v) is 17.5. The number of nitrogens with zero attached hydrogens (tertiary/aromatic N) is 1. The highest BCUT2D eigenvalue weighted by Gasteiger charge is 2.74. The zero-order valence-corrected chi connectivity index (χ0v) is 34.9. The van der Waals surface area contributed by atoms with Gasteiger partial charge in [0.2, 0.25) is 0 Å². The van der Waals surface area contributed by atoms with Gasteiger partial charge in [0, 0.05) is 38.8 Å². The fraction of sp³-hybridized carbons (Fsp3) is 0.660. The summed E-state index contributed by atoms with van der Waals surface area (Å²) in [4.78, 5) is 32.3. The molecule has 1 aromatic carbocycles. The minimum atomic E-state index is -4.60. The van der Waals surface area contributed by atoms with Gasteiger partial charge in [0.15, 0.2) is 5.78 Å². The molecule has 1 heterocycles. The molecular weight excluding hydrogens is 748 g/mol. The van der Waals surface area contributed by atoms with Gasteiger partial charge in [-0.3, -0.25) is 4.79 Å². The largest absolute Gasteiger partial charge is 0.446 e. The van der Waals surface area contributed by atoms with E-state index in [1.807, 2.05) is 17.5 Å². The number of rotatable bonds is 9. The lowest BCUT2D eigenvalue weighted by Gasteiger charge is -2.71. The lowest BCUT2D eigenvalue weighted by Crippen LogP contribution is -2.67. The summed E-state index contributed by atoms with van der Waals surface area (Å²) in [7, 11) is 0. The number of amides is 1. The summed E-state index contributed by atoms with van der Waals surface area (Å²) in [6.45, 7) is 11.5. The Morgan fingerprint density at radius 2 is 1.72 bits per heavy atom. The van der Waals surface area contributed by atoms with Gasteiger partial charge in [0.1, 0.15) is 6.10 Å². The number of halogens is 3. The summed E-state index contributed by atoms with van der Waals surface area (Å²) in [5.41, 5.74) is -4.15. The SMILES string of the molecule is CC1CCC(C(C)C)C(OC(=O)N(CCc2cccs2)CC2(O)CCC3C45C=CC6(C=C4C(=O)c4cccc(C(F)(F)F)c4)CC(O)CCC6(C)C5CCC32C)C1. The van der Waals surface area contributed by atoms with E-state index in [9.17, 15) is 33.0 Å². The van der Waals surface area contributed by atoms with Crippen molar-refractivity contribution in [3.63, 3.8) is 0 Å². The highest BCUT2D eigenvalue weighted by atomic mass is 32.1. The summed E-state index contributed by atoms with van der Waals surface area (Å²) >= 11 is 1.64. The molecule has 11 unspecified atom stereocenters. The predicted molar refractivity (Wildman–Crippen MR) is 216 cm³/mol. The average molecular weight is 808 g/mol. The van der Waals surface area contributed by atoms with Crippen LogP contribution in [0.1, 0.15) is 120 Å². The van der Waals surface area contributed by atoms with E-state index in [0.29, 0.717) is 68.9 Å². The number of hydrogen-bond acceptors (Lipinski definition) is 6. The van der Waals surface area contributed by atoms with Crippen LogP contribution >= 0.6 is 11.3 Å². The molecule has 2 aromatic rings. The van der Waals surface area contributed by atoms with Crippen molar-refractivity contribution in [2.75, 3.05) is 13.1 Å². The third kappa shape index (κ3) is 6.48. The van der Waals surface area contributed by atoms with Gasteiger partial charge in [-0.2, -0.15) is 13.2 Å². The molecule has 57 heavy (non-hydrogen) atoms. The molecule has 6 nitrogen and oxygen atoms in total. The maximum Gasteiger partial charge on any atom is 0.416 e. The number of hydrogen-bond donors (Lipinski definition) is 2. The molecule has 7 aliphatic rings. The Bertz CT molecular complexity index is 1930. The molecule has 11 atom stereocenters. The summed E-state index contributed by atoms with van der Waals surface area (Å²) < 4.78 is 48.4. The predicted octanol–water partition coefficient (Wildman–Crippen LogP) is 10.7. The summed E-state index contributed by atoms with van der Waals surface area (Å²) in [5, 5.41) is 26.3. The highest BCUT2D eigenvalue weighted by molar-refractivity contribution is 7.09. The van der Waals surface area contributed by atoms with E-state index >= 15 is 0 Å². The number of carbonyl (C=O) groups is 2. The van der Waals surface area contributed by atoms with Gasteiger partial charge < -0.3 is 19.8 Å². The first-order valence-corrected chi connectivity index (χ1v) is 22.3. The molecule has 2 spiro atoms. The zero-order chi connectivity index (χ0) is 40.8. The number of ketones is 1. The Morgan fingerprint density at radius 1 is 0.982 bits per heavy atom. The van der Waals surface area contributed by atoms with E-state index < -0.39 is 51.6 Å². The minimum absolute atomic E-state index is 0.000577. The van der Waals surface area contributed by atoms with Gasteiger partial charge >= 0.3 is 12.3 Å². The lowest BCUT2D eigenvalue weighted by atomic mass is 9.32. The standard InChI is InChI=1S/C47H60F3NO5S/c1-29(2)35-12-11-30(3)24-37(35)56-41(54)51(22-16-34-10-7-23-57-34)28-45(55)19-15-39-43(45,5)18-14-38-42(4)17-13-33(52)26-44(42)20-21-46(38,39)36(27-44)40(53)31-8-6-9-32(25-31)47(48,49)50/h6-10,20-21,23,25,27,29-30,33,35,37-39,52,55H,11-19,22,24,26,28H2,1-5H3. The van der Waals surface area contributed by atoms with E-state index in [1.165, 1.54) is 12.1 Å². The molecule has 10 heteroatoms. The summed E-state index contributed by atoms with van der Waals surface area (Å²) in [6, 6.07) is 8.80. The molecule has 1 aromatic heterocycles. The van der Waals surface area contributed by atoms with Crippen molar-refractivity contribution in [3.05, 3.63) is 81.6 Å². The molecule has 0 saturated heterocycles. The third-order valence-electron chi connectivity index (χ3n) is 16.5. The van der Waals surface area contributed by atoms with Gasteiger partial charge in [-0.1, -0.05) is 77.5 Å². The molecule has 4 saturated carbocycles. The van der Waals surface area contributed by atoms with Crippen molar-refractivity contribution in [2.45, 2.75) is 129 Å². The summed E-state index contributed by atoms with van der Waals surface area (Å²) in [6.07, 6.45) is 8.50. The number of benzene rings is 1. The second-order valence-electron chi connectivity index (χ2n) is 19.7. The van der Waals surface area contributed by atoms with Crippen LogP contribution in [-0.2, 0) is 17.3 Å². The fourth-order valence-corrected chi connectivity index (χ4v) is 14.0. The fourth-order valence-electron chi connectivity index (χ4n) is 13.3. The van der Waals surface area contributed by atoms with Crippen LogP contribution in [0.5, 0.6) is 0 Å². The number of aliphatic hydroxyl groups is 2. The second-order valence-corrected chi connectivity index (χ2v) is 20.7. The number of thiophene rings is 1. The van der Waals surface area contributed by atoms with Crippen molar-refractivity contribution in [2.24, 2.45) is 51.2 Å². The first-order chi connectivity index (χ1) is 26.9. The van der Waals surface area contributed by atoms with Crippen LogP contribution < -0.4 is 0 Å². The topological polar surface area (TPSA) is 87.1 Å². The van der Waals surface area contributed by atoms with Gasteiger partial charge in [-0.15, -0.1) is 11.3 Å². The number of fused-ring (bicyclic) bond motifs is 1. The summed E-state index contributed by atoms with van der Waals surface area (Å²) in [5.74, 6) is 0.452. The molecule has 4 fully saturated rings. The van der Waals surface area contributed by atoms with E-state index in [2.05, 4.69) is 52.8 Å². The van der Waals surface area contributed by atoms with E-state index in [-0.39, 0.29) is 41.4 Å². The van der Waals surface area contributed by atoms with Crippen LogP contribution in [-0.4, -0.2) is 57.9 Å². The first kappa shape index (κ1) is 40.8. The van der Waals surface area contributed by atoms with Crippen LogP contribution in [0.2, 0.25) is 0 Å². The molecule has 2 N–H and O–H groups in total. The molecule has 2 bridgehead atoms. The van der Waals surface area contributed by atoms with E-state index in [4.69, 9.17) is 4.74 Å². The van der Waals surface area contributed by atoms with Crippen LogP contribution in [0.4, 0.5) is 18.0 Å². The Balaban J connectivity index is 1.16. The van der Waals surface area contributed by atoms with Crippen molar-refractivity contribution >= 4 is 23.2 Å². The minimum Gasteiger partial charge on any atom is -0.446 e. The van der Waals surface area contributed by atoms with E-state index in [1.54, 1.807) is 16.2 Å². The first-order valence-electron chi connectivity index (χ1n) is 21.4. The second kappa shape index (κ2) is 14.4. The average Bonchev–Trinajstić information content (AvgIpc) is 3.78. The number of ether oxygens (including phenoxy) is 1. The van der Waals surface area contributed by atoms with Gasteiger partial charge in [0.25, 0.3) is 0 Å². The van der Waals surface area contributed by atoms with Gasteiger partial charge in [0.05, 0.1) is 23.8 Å². The lowest BCUT2D eigenvalue weighted by molar-refractivity contribution is -0.175. The number of Topliss-reactive ketones (excluding diaryl/α,β-unsaturated/α-hetero) is 1. The Hall–Kier alpha value is -2.95. The van der Waals surface area contributed by atoms with Crippen LogP contribution in [0.15, 0.2) is 65.6 Å². The monoisotopic (exact) mass is 807 g/mol. The van der Waals surface area contributed by atoms with Crippen molar-refractivity contribution in [1.29, 1.82) is 0 Å². The Kier molecular flexibility index (Phi) is 10.3. The quantitative estimate of drug-likeness (QED) is 0.195. The smallest absolute Gasteiger partial charge is 0.416 e. The van der Waals surface area contributed by atoms with Gasteiger partial charge in [-0.25, -0.2) is 4.79 Å². The molecule has 0 aliphatic heterocycles.